The van der Waals surface area contributed by atoms with Crippen molar-refractivity contribution in [2.24, 2.45) is 0 Å². The lowest BCUT2D eigenvalue weighted by atomic mass is 9.67. The summed E-state index contributed by atoms with van der Waals surface area (Å²) in [7, 11) is 0. The lowest BCUT2D eigenvalue weighted by Crippen LogP contribution is -2.30. The molecule has 0 saturated heterocycles. The Hall–Kier alpha value is -9.18. The van der Waals surface area contributed by atoms with Crippen molar-refractivity contribution in [3.05, 3.63) is 295 Å². The van der Waals surface area contributed by atoms with E-state index in [0.29, 0.717) is 0 Å². The number of fused-ring (bicyclic) bond motifs is 9. The van der Waals surface area contributed by atoms with Gasteiger partial charge in [0.1, 0.15) is 0 Å². The zero-order chi connectivity index (χ0) is 46.2. The van der Waals surface area contributed by atoms with Gasteiger partial charge in [-0.2, -0.15) is 0 Å². The number of hydrogen-bond donors (Lipinski definition) is 0. The van der Waals surface area contributed by atoms with Gasteiger partial charge in [-0.25, -0.2) is 0 Å². The number of nitrogens with zero attached hydrogens (tertiary/aromatic N) is 3. The van der Waals surface area contributed by atoms with E-state index in [2.05, 4.69) is 287 Å². The first-order valence-corrected chi connectivity index (χ1v) is 24.2. The second-order valence-electron chi connectivity index (χ2n) is 18.4. The molecule has 0 spiro atoms. The smallest absolute Gasteiger partial charge is 0.0734 e. The maximum Gasteiger partial charge on any atom is 0.0734 e. The monoisotopic (exact) mass is 891 g/mol. The van der Waals surface area contributed by atoms with Crippen molar-refractivity contribution in [1.82, 2.24) is 9.13 Å². The quantitative estimate of drug-likeness (QED) is 0.148. The van der Waals surface area contributed by atoms with Crippen LogP contribution in [0.1, 0.15) is 22.3 Å². The Morgan fingerprint density at radius 1 is 0.300 bits per heavy atom. The minimum atomic E-state index is -0.602. The van der Waals surface area contributed by atoms with Crippen LogP contribution in [-0.2, 0) is 5.41 Å². The summed E-state index contributed by atoms with van der Waals surface area (Å²) in [5, 5.41) is 4.99. The second kappa shape index (κ2) is 16.0. The lowest BCUT2D eigenvalue weighted by molar-refractivity contribution is 0.768. The molecule has 2 heterocycles. The number of anilines is 3. The maximum atomic E-state index is 2.49. The van der Waals surface area contributed by atoms with Crippen LogP contribution in [0.15, 0.2) is 273 Å². The Labute approximate surface area is 407 Å². The molecule has 2 aromatic heterocycles. The van der Waals surface area contributed by atoms with Crippen LogP contribution in [0.25, 0.3) is 77.2 Å². The van der Waals surface area contributed by atoms with E-state index in [1.165, 1.54) is 88.1 Å². The summed E-state index contributed by atoms with van der Waals surface area (Å²) >= 11 is 0. The molecule has 0 saturated carbocycles. The van der Waals surface area contributed by atoms with Crippen LogP contribution in [0.3, 0.4) is 0 Å². The van der Waals surface area contributed by atoms with Gasteiger partial charge in [0.2, 0.25) is 0 Å². The molecule has 0 bridgehead atoms. The average molecular weight is 892 g/mol. The molecule has 0 atom stereocenters. The molecular weight excluding hydrogens is 847 g/mol. The fourth-order valence-corrected chi connectivity index (χ4v) is 12.0. The second-order valence-corrected chi connectivity index (χ2v) is 18.4. The predicted octanol–water partition coefficient (Wildman–Crippen LogP) is 17.4. The van der Waals surface area contributed by atoms with Crippen LogP contribution in [0, 0.1) is 0 Å². The fraction of sp³-hybridized carbons (Fsp3) is 0.0149. The summed E-state index contributed by atoms with van der Waals surface area (Å²) in [6.45, 7) is 0. The highest BCUT2D eigenvalue weighted by atomic mass is 15.1. The summed E-state index contributed by atoms with van der Waals surface area (Å²) < 4.78 is 4.79. The third-order valence-electron chi connectivity index (χ3n) is 14.8. The number of aromatic nitrogens is 2. The molecule has 3 nitrogen and oxygen atoms in total. The molecule has 0 amide bonds. The molecule has 328 valence electrons. The number of rotatable bonds is 8. The van der Waals surface area contributed by atoms with Crippen LogP contribution >= 0.6 is 0 Å². The van der Waals surface area contributed by atoms with E-state index >= 15 is 0 Å². The van der Waals surface area contributed by atoms with Crippen LogP contribution < -0.4 is 4.90 Å². The molecule has 0 fully saturated rings. The number of benzene rings is 11. The van der Waals surface area contributed by atoms with Crippen LogP contribution in [0.5, 0.6) is 0 Å². The van der Waals surface area contributed by atoms with Gasteiger partial charge in [0.05, 0.1) is 33.2 Å². The highest BCUT2D eigenvalue weighted by Crippen LogP contribution is 2.60. The van der Waals surface area contributed by atoms with E-state index in [1.54, 1.807) is 0 Å². The average Bonchev–Trinajstić information content (AvgIpc) is 4.07. The first kappa shape index (κ1) is 39.9. The van der Waals surface area contributed by atoms with Crippen molar-refractivity contribution >= 4 is 60.7 Å². The minimum absolute atomic E-state index is 0.602. The lowest BCUT2D eigenvalue weighted by Gasteiger charge is -2.38. The molecule has 11 aromatic carbocycles. The predicted molar refractivity (Wildman–Crippen MR) is 293 cm³/mol. The van der Waals surface area contributed by atoms with E-state index in [1.807, 2.05) is 0 Å². The summed E-state index contributed by atoms with van der Waals surface area (Å²) in [4.78, 5) is 2.49. The van der Waals surface area contributed by atoms with Gasteiger partial charge in [-0.05, 0) is 118 Å². The molecule has 70 heavy (non-hydrogen) atoms. The van der Waals surface area contributed by atoms with Gasteiger partial charge in [-0.1, -0.05) is 194 Å². The Kier molecular flexibility index (Phi) is 9.11. The zero-order valence-electron chi connectivity index (χ0n) is 38.3. The third-order valence-corrected chi connectivity index (χ3v) is 14.8. The van der Waals surface area contributed by atoms with Gasteiger partial charge in [0.25, 0.3) is 0 Å². The van der Waals surface area contributed by atoms with Crippen molar-refractivity contribution in [2.45, 2.75) is 5.41 Å². The van der Waals surface area contributed by atoms with Gasteiger partial charge >= 0.3 is 0 Å². The molecule has 1 aliphatic carbocycles. The topological polar surface area (TPSA) is 13.1 Å². The highest BCUT2D eigenvalue weighted by molar-refractivity contribution is 6.16. The van der Waals surface area contributed by atoms with E-state index < -0.39 is 5.41 Å². The van der Waals surface area contributed by atoms with Crippen molar-refractivity contribution in [3.63, 3.8) is 0 Å². The van der Waals surface area contributed by atoms with Crippen LogP contribution in [0.2, 0.25) is 0 Å². The summed E-state index contributed by atoms with van der Waals surface area (Å²) in [5.74, 6) is 0. The molecule has 1 aliphatic rings. The van der Waals surface area contributed by atoms with Crippen LogP contribution in [0.4, 0.5) is 17.1 Å². The number of para-hydroxylation sites is 4. The van der Waals surface area contributed by atoms with Gasteiger partial charge < -0.3 is 14.0 Å². The Morgan fingerprint density at radius 3 is 1.39 bits per heavy atom. The molecule has 3 heteroatoms. The van der Waals surface area contributed by atoms with E-state index in [-0.39, 0.29) is 0 Å². The third kappa shape index (κ3) is 5.88. The number of hydrogen-bond acceptors (Lipinski definition) is 1. The molecule has 0 aliphatic heterocycles. The normalized spacial score (nSPS) is 12.7. The first-order chi connectivity index (χ1) is 34.8. The Bertz CT molecular complexity index is 4000. The van der Waals surface area contributed by atoms with E-state index in [0.717, 1.165) is 28.4 Å². The molecule has 0 radical (unpaired) electrons. The van der Waals surface area contributed by atoms with Gasteiger partial charge in [-0.3, -0.25) is 0 Å². The molecule has 0 N–H and O–H groups in total. The van der Waals surface area contributed by atoms with Crippen molar-refractivity contribution in [2.75, 3.05) is 4.90 Å². The molecule has 0 unspecified atom stereocenters. The SMILES string of the molecule is c1ccc(-n2c3ccccc3c3c(-c4ccc(N(c5ccc(-n6c7ccccc7c7ccccc76)cc5)c5cccc6c5C(c5ccccc5)(c5ccccc5)c5ccccc5-6)cc4)cccc32)cc1. The van der Waals surface area contributed by atoms with Crippen molar-refractivity contribution in [1.29, 1.82) is 0 Å². The first-order valence-electron chi connectivity index (χ1n) is 24.2. The zero-order valence-corrected chi connectivity index (χ0v) is 38.3. The Morgan fingerprint density at radius 2 is 0.743 bits per heavy atom. The maximum absolute atomic E-state index is 2.49. The standard InChI is InChI=1S/C67H45N3/c1-4-20-47(21-5-1)67(48-22-6-2-7-23-48)59-32-14-10-26-54(59)57-31-19-37-64(66(57)67)68(51-42-44-52(45-43-51)69-60-33-15-11-27-55(60)56-28-12-16-34-61(56)69)50-40-38-46(39-41-50)53-30-18-36-63-65(53)58-29-13-17-35-62(58)70(63)49-24-8-3-9-25-49/h1-45H. The van der Waals surface area contributed by atoms with Gasteiger partial charge in [-0.15, -0.1) is 0 Å². The van der Waals surface area contributed by atoms with E-state index in [4.69, 9.17) is 0 Å². The fourth-order valence-electron chi connectivity index (χ4n) is 12.0. The molecular formula is C67H45N3. The Balaban J connectivity index is 0.997. The van der Waals surface area contributed by atoms with E-state index in [9.17, 15) is 0 Å². The van der Waals surface area contributed by atoms with Crippen LogP contribution in [-0.4, -0.2) is 9.13 Å². The van der Waals surface area contributed by atoms with Crippen molar-refractivity contribution in [3.8, 4) is 33.6 Å². The van der Waals surface area contributed by atoms with Gasteiger partial charge in [0, 0.05) is 49.9 Å². The molecule has 14 rings (SSSR count). The van der Waals surface area contributed by atoms with Gasteiger partial charge in [0.15, 0.2) is 0 Å². The largest absolute Gasteiger partial charge is 0.310 e. The molecule has 13 aromatic rings. The summed E-state index contributed by atoms with van der Waals surface area (Å²) in [6.07, 6.45) is 0. The van der Waals surface area contributed by atoms with Crippen molar-refractivity contribution < 1.29 is 0 Å². The highest BCUT2D eigenvalue weighted by Gasteiger charge is 2.48. The summed E-state index contributed by atoms with van der Waals surface area (Å²) in [6, 6.07) is 100. The minimum Gasteiger partial charge on any atom is -0.310 e. The summed E-state index contributed by atoms with van der Waals surface area (Å²) in [5.41, 5.74) is 19.6.